The molecule has 7 rings (SSSR count). The lowest BCUT2D eigenvalue weighted by molar-refractivity contribution is -0.143. The monoisotopic (exact) mass is 740 g/mol. The maximum Gasteiger partial charge on any atom is 0.420 e. The van der Waals surface area contributed by atoms with Gasteiger partial charge in [-0.05, 0) is 62.3 Å². The Hall–Kier alpha value is -3.53. The second-order valence-corrected chi connectivity index (χ2v) is 14.1. The van der Waals surface area contributed by atoms with Gasteiger partial charge in [-0.1, -0.05) is 35.9 Å². The number of hydrogen-bond donors (Lipinski definition) is 0. The van der Waals surface area contributed by atoms with Crippen LogP contribution < -0.4 is 14.5 Å². The molecule has 1 aromatic heterocycles. The second-order valence-electron chi connectivity index (χ2n) is 12.6. The van der Waals surface area contributed by atoms with E-state index in [-0.39, 0.29) is 50.2 Å². The van der Waals surface area contributed by atoms with Crippen LogP contribution in [-0.2, 0) is 19.1 Å². The maximum absolute atomic E-state index is 14.6. The van der Waals surface area contributed by atoms with Crippen molar-refractivity contribution in [2.45, 2.75) is 42.9 Å². The smallest absolute Gasteiger partial charge is 0.420 e. The van der Waals surface area contributed by atoms with Crippen LogP contribution in [-0.4, -0.2) is 78.1 Å². The predicted octanol–water partition coefficient (Wildman–Crippen LogP) is 7.72. The fourth-order valence-electron chi connectivity index (χ4n) is 6.89. The first-order chi connectivity index (χ1) is 23.9. The summed E-state index contributed by atoms with van der Waals surface area (Å²) < 4.78 is 105. The van der Waals surface area contributed by atoms with Gasteiger partial charge in [0.15, 0.2) is 23.3 Å². The highest BCUT2D eigenvalue weighted by atomic mass is 35.5. The number of benzene rings is 3. The van der Waals surface area contributed by atoms with Crippen LogP contribution in [0.5, 0.6) is 6.01 Å². The fraction of sp³-hybridized carbons (Fsp3) is 0.412. The average molecular weight is 741 g/mol. The quantitative estimate of drug-likeness (QED) is 0.0827. The largest absolute Gasteiger partial charge is 0.462 e. The molecule has 3 aliphatic rings. The number of ether oxygens (including phenoxy) is 1. The van der Waals surface area contributed by atoms with Crippen LogP contribution in [0.15, 0.2) is 41.3 Å². The Labute approximate surface area is 293 Å². The van der Waals surface area contributed by atoms with Crippen molar-refractivity contribution in [2.75, 3.05) is 62.7 Å². The van der Waals surface area contributed by atoms with Gasteiger partial charge < -0.3 is 19.4 Å². The first-order valence-corrected chi connectivity index (χ1v) is 17.3. The Kier molecular flexibility index (Phi) is 9.69. The van der Waals surface area contributed by atoms with Crippen molar-refractivity contribution in [3.05, 3.63) is 81.5 Å². The van der Waals surface area contributed by atoms with Crippen LogP contribution in [0.3, 0.4) is 0 Å². The molecule has 2 fully saturated rings. The molecule has 1 atom stereocenters. The van der Waals surface area contributed by atoms with Gasteiger partial charge in [-0.15, -0.1) is 0 Å². The summed E-state index contributed by atoms with van der Waals surface area (Å²) >= 11 is 6.87. The number of nitrogens with zero attached hydrogens (tertiary/aromatic N) is 6. The van der Waals surface area contributed by atoms with Crippen molar-refractivity contribution in [3.63, 3.8) is 0 Å². The molecule has 0 radical (unpaired) electrons. The normalized spacial score (nSPS) is 19.0. The lowest BCUT2D eigenvalue weighted by Gasteiger charge is -2.38. The van der Waals surface area contributed by atoms with E-state index in [0.717, 1.165) is 47.1 Å². The van der Waals surface area contributed by atoms with Crippen molar-refractivity contribution < 1.29 is 35.5 Å². The molecule has 4 aromatic rings. The Morgan fingerprint density at radius 1 is 0.880 bits per heavy atom. The molecular weight excluding hydrogens is 709 g/mol. The van der Waals surface area contributed by atoms with Crippen molar-refractivity contribution in [1.82, 2.24) is 19.2 Å². The van der Waals surface area contributed by atoms with Gasteiger partial charge in [-0.25, -0.2) is 21.9 Å². The highest BCUT2D eigenvalue weighted by Crippen LogP contribution is 2.43. The number of halogens is 8. The first kappa shape index (κ1) is 34.9. The van der Waals surface area contributed by atoms with Crippen LogP contribution in [0.25, 0.3) is 10.8 Å². The van der Waals surface area contributed by atoms with Gasteiger partial charge in [0, 0.05) is 55.4 Å². The number of hydrogen-bond acceptors (Lipinski definition) is 8. The highest BCUT2D eigenvalue weighted by molar-refractivity contribution is 7.97. The molecule has 7 nitrogen and oxygen atoms in total. The van der Waals surface area contributed by atoms with Crippen LogP contribution in [0.2, 0.25) is 5.02 Å². The van der Waals surface area contributed by atoms with Gasteiger partial charge in [0.2, 0.25) is 0 Å². The maximum atomic E-state index is 14.6. The number of fused-ring (bicyclic) bond motifs is 2. The number of aromatic nitrogens is 2. The Bertz CT molecular complexity index is 1920. The Morgan fingerprint density at radius 2 is 1.60 bits per heavy atom. The van der Waals surface area contributed by atoms with E-state index in [0.29, 0.717) is 37.0 Å². The van der Waals surface area contributed by atoms with E-state index >= 15 is 0 Å². The van der Waals surface area contributed by atoms with Gasteiger partial charge in [-0.2, -0.15) is 23.1 Å². The standard InChI is InChI=1S/C34H32ClF7N6OS/c1-45-11-4-7-20(45)18-49-33-43-23-17-47(24-9-3-6-19-5-2-8-22(35)25(19)24)12-10-21(23)32(44-33)46-13-15-48(16-14-46)50-31-26(34(40,41)42)27(36)28(37)29(38)30(31)39/h2-3,5-6,8-9,20H,4,7,10-18H2,1H3/t20-/m0/s1. The van der Waals surface area contributed by atoms with Crippen molar-refractivity contribution in [3.8, 4) is 6.01 Å². The van der Waals surface area contributed by atoms with E-state index in [1.807, 2.05) is 48.3 Å². The van der Waals surface area contributed by atoms with E-state index in [4.69, 9.17) is 26.3 Å². The van der Waals surface area contributed by atoms with Gasteiger partial charge in [0.1, 0.15) is 18.0 Å². The van der Waals surface area contributed by atoms with Crippen molar-refractivity contribution >= 4 is 45.8 Å². The predicted molar refractivity (Wildman–Crippen MR) is 178 cm³/mol. The van der Waals surface area contributed by atoms with Crippen LogP contribution in [0.1, 0.15) is 29.7 Å². The third-order valence-corrected chi connectivity index (χ3v) is 11.0. The Morgan fingerprint density at radius 3 is 2.30 bits per heavy atom. The SMILES string of the molecule is CN1CCC[C@H]1COc1nc2c(c(N3CCN(Sc4c(F)c(F)c(F)c(F)c4C(F)(F)F)CC3)n1)CCN(c1cccc3cccc(Cl)c13)C2. The molecule has 0 aliphatic carbocycles. The molecule has 3 aliphatic heterocycles. The minimum absolute atomic E-state index is 0.0878. The zero-order chi connectivity index (χ0) is 35.3. The van der Waals surface area contributed by atoms with E-state index in [1.54, 1.807) is 0 Å². The summed E-state index contributed by atoms with van der Waals surface area (Å²) in [5, 5.41) is 2.59. The molecule has 50 heavy (non-hydrogen) atoms. The summed E-state index contributed by atoms with van der Waals surface area (Å²) in [6.45, 7) is 3.14. The van der Waals surface area contributed by atoms with Gasteiger partial charge in [0.25, 0.3) is 0 Å². The number of anilines is 2. The van der Waals surface area contributed by atoms with Crippen LogP contribution in [0, 0.1) is 23.3 Å². The molecule has 0 spiro atoms. The molecule has 266 valence electrons. The van der Waals surface area contributed by atoms with Gasteiger partial charge in [-0.3, -0.25) is 0 Å². The summed E-state index contributed by atoms with van der Waals surface area (Å²) in [5.74, 6) is -8.72. The zero-order valence-electron chi connectivity index (χ0n) is 26.8. The third kappa shape index (κ3) is 6.64. The molecular formula is C34H32ClF7N6OS. The summed E-state index contributed by atoms with van der Waals surface area (Å²) in [5.41, 5.74) is 0.481. The van der Waals surface area contributed by atoms with Crippen LogP contribution in [0.4, 0.5) is 42.2 Å². The summed E-state index contributed by atoms with van der Waals surface area (Å²) in [6, 6.07) is 12.2. The lowest BCUT2D eigenvalue weighted by Crippen LogP contribution is -2.45. The minimum Gasteiger partial charge on any atom is -0.462 e. The highest BCUT2D eigenvalue weighted by Gasteiger charge is 2.43. The lowest BCUT2D eigenvalue weighted by atomic mass is 10.0. The van der Waals surface area contributed by atoms with Crippen molar-refractivity contribution in [2.24, 2.45) is 0 Å². The molecule has 0 amide bonds. The molecule has 0 bridgehead atoms. The van der Waals surface area contributed by atoms with Crippen molar-refractivity contribution in [1.29, 1.82) is 0 Å². The van der Waals surface area contributed by atoms with E-state index in [1.165, 1.54) is 4.31 Å². The Balaban J connectivity index is 1.16. The summed E-state index contributed by atoms with van der Waals surface area (Å²) in [6.07, 6.45) is -2.81. The molecule has 16 heteroatoms. The van der Waals surface area contributed by atoms with Gasteiger partial charge >= 0.3 is 12.2 Å². The number of piperazine rings is 1. The minimum atomic E-state index is -5.45. The summed E-state index contributed by atoms with van der Waals surface area (Å²) in [4.78, 5) is 14.7. The number of alkyl halides is 3. The number of likely N-dealkylation sites (N-methyl/N-ethyl adjacent to an activating group) is 1. The molecule has 0 unspecified atom stereocenters. The number of likely N-dealkylation sites (tertiary alicyclic amines) is 1. The fourth-order valence-corrected chi connectivity index (χ4v) is 8.24. The third-order valence-electron chi connectivity index (χ3n) is 9.54. The second kappa shape index (κ2) is 13.9. The summed E-state index contributed by atoms with van der Waals surface area (Å²) in [7, 11) is 2.04. The first-order valence-electron chi connectivity index (χ1n) is 16.2. The van der Waals surface area contributed by atoms with E-state index < -0.39 is 39.9 Å². The molecule has 2 saturated heterocycles. The molecule has 4 heterocycles. The zero-order valence-corrected chi connectivity index (χ0v) is 28.4. The van der Waals surface area contributed by atoms with E-state index in [9.17, 15) is 30.7 Å². The topological polar surface area (TPSA) is 48.0 Å². The molecule has 3 aromatic carbocycles. The average Bonchev–Trinajstić information content (AvgIpc) is 3.52. The number of rotatable bonds is 7. The molecule has 0 N–H and O–H groups in total. The van der Waals surface area contributed by atoms with Crippen LogP contribution >= 0.6 is 23.5 Å². The molecule has 0 saturated carbocycles. The van der Waals surface area contributed by atoms with Gasteiger partial charge in [0.05, 0.1) is 22.2 Å². The van der Waals surface area contributed by atoms with E-state index in [2.05, 4.69) is 9.80 Å².